The van der Waals surface area contributed by atoms with Crippen molar-refractivity contribution in [3.8, 4) is 5.75 Å². The number of para-hydroxylation sites is 1. The number of benzene rings is 1. The molecule has 0 saturated heterocycles. The number of pyridine rings is 1. The fraction of sp³-hybridized carbons (Fsp3) is 0.294. The second-order valence-corrected chi connectivity index (χ2v) is 7.42. The van der Waals surface area contributed by atoms with Crippen LogP contribution in [0.2, 0.25) is 0 Å². The van der Waals surface area contributed by atoms with Crippen molar-refractivity contribution in [2.45, 2.75) is 13.1 Å². The molecule has 1 aromatic carbocycles. The lowest BCUT2D eigenvalue weighted by atomic mass is 10.2. The van der Waals surface area contributed by atoms with E-state index in [2.05, 4.69) is 10.3 Å². The molecule has 1 N–H and O–H groups in total. The summed E-state index contributed by atoms with van der Waals surface area (Å²) in [5.74, 6) is 0.177. The first-order valence-corrected chi connectivity index (χ1v) is 9.48. The molecule has 0 aliphatic rings. The summed E-state index contributed by atoms with van der Waals surface area (Å²) < 4.78 is 30.4. The maximum atomic E-state index is 12.1. The fourth-order valence-corrected chi connectivity index (χ4v) is 2.95. The highest BCUT2D eigenvalue weighted by Crippen LogP contribution is 2.20. The van der Waals surface area contributed by atoms with Gasteiger partial charge in [-0.1, -0.05) is 24.3 Å². The largest absolute Gasteiger partial charge is 0.496 e. The molecule has 7 nitrogen and oxygen atoms in total. The Morgan fingerprint density at radius 1 is 1.20 bits per heavy atom. The van der Waals surface area contributed by atoms with E-state index < -0.39 is 15.9 Å². The standard InChI is InChI=1S/C17H21N3O4S/c1-24-16-9-4-3-7-14(16)12-20(25(2,22)23)13-17(21)19-11-15-8-5-6-10-18-15/h3-10H,11-13H2,1-2H3,(H,19,21). The summed E-state index contributed by atoms with van der Waals surface area (Å²) in [6, 6.07) is 12.5. The van der Waals surface area contributed by atoms with Crippen LogP contribution in [0.3, 0.4) is 0 Å². The molecular weight excluding hydrogens is 342 g/mol. The van der Waals surface area contributed by atoms with Gasteiger partial charge in [-0.15, -0.1) is 0 Å². The van der Waals surface area contributed by atoms with E-state index in [9.17, 15) is 13.2 Å². The van der Waals surface area contributed by atoms with Crippen molar-refractivity contribution in [1.29, 1.82) is 0 Å². The van der Waals surface area contributed by atoms with Crippen LogP contribution in [0.1, 0.15) is 11.3 Å². The molecule has 2 rings (SSSR count). The summed E-state index contributed by atoms with van der Waals surface area (Å²) in [7, 11) is -2.05. The Kier molecular flexibility index (Phi) is 6.49. The Balaban J connectivity index is 2.04. The van der Waals surface area contributed by atoms with Gasteiger partial charge in [0, 0.05) is 18.3 Å². The van der Waals surface area contributed by atoms with Crippen LogP contribution in [-0.2, 0) is 27.9 Å². The molecule has 0 aliphatic heterocycles. The van der Waals surface area contributed by atoms with E-state index >= 15 is 0 Å². The molecule has 0 atom stereocenters. The van der Waals surface area contributed by atoms with Gasteiger partial charge < -0.3 is 10.1 Å². The second kappa shape index (κ2) is 8.59. The summed E-state index contributed by atoms with van der Waals surface area (Å²) in [6.07, 6.45) is 2.71. The monoisotopic (exact) mass is 363 g/mol. The van der Waals surface area contributed by atoms with Crippen LogP contribution < -0.4 is 10.1 Å². The average molecular weight is 363 g/mol. The first-order chi connectivity index (χ1) is 11.9. The number of rotatable bonds is 8. The highest BCUT2D eigenvalue weighted by molar-refractivity contribution is 7.88. The number of nitrogens with one attached hydrogen (secondary N) is 1. The summed E-state index contributed by atoms with van der Waals surface area (Å²) in [6.45, 7) is 0.0233. The molecule has 8 heteroatoms. The van der Waals surface area contributed by atoms with Gasteiger partial charge in [-0.25, -0.2) is 8.42 Å². The van der Waals surface area contributed by atoms with E-state index in [0.29, 0.717) is 17.0 Å². The number of aromatic nitrogens is 1. The van der Waals surface area contributed by atoms with Crippen LogP contribution in [0.25, 0.3) is 0 Å². The van der Waals surface area contributed by atoms with Crippen molar-refractivity contribution in [2.24, 2.45) is 0 Å². The minimum Gasteiger partial charge on any atom is -0.496 e. The molecule has 0 fully saturated rings. The van der Waals surface area contributed by atoms with Gasteiger partial charge in [0.25, 0.3) is 0 Å². The van der Waals surface area contributed by atoms with E-state index in [1.54, 1.807) is 42.6 Å². The number of nitrogens with zero attached hydrogens (tertiary/aromatic N) is 2. The predicted molar refractivity (Wildman–Crippen MR) is 94.3 cm³/mol. The van der Waals surface area contributed by atoms with Crippen LogP contribution >= 0.6 is 0 Å². The first-order valence-electron chi connectivity index (χ1n) is 7.64. The lowest BCUT2D eigenvalue weighted by Crippen LogP contribution is -2.39. The van der Waals surface area contributed by atoms with Crippen LogP contribution in [0.4, 0.5) is 0 Å². The number of carbonyl (C=O) groups is 1. The quantitative estimate of drug-likeness (QED) is 0.760. The van der Waals surface area contributed by atoms with E-state index in [0.717, 1.165) is 10.6 Å². The van der Waals surface area contributed by atoms with Gasteiger partial charge in [0.2, 0.25) is 15.9 Å². The van der Waals surface area contributed by atoms with Gasteiger partial charge in [-0.3, -0.25) is 9.78 Å². The van der Waals surface area contributed by atoms with E-state index in [1.807, 2.05) is 6.07 Å². The van der Waals surface area contributed by atoms with Gasteiger partial charge >= 0.3 is 0 Å². The summed E-state index contributed by atoms with van der Waals surface area (Å²) >= 11 is 0. The summed E-state index contributed by atoms with van der Waals surface area (Å²) in [5, 5.41) is 2.68. The molecule has 1 heterocycles. The number of hydrogen-bond donors (Lipinski definition) is 1. The molecular formula is C17H21N3O4S. The molecule has 2 aromatic rings. The zero-order chi connectivity index (χ0) is 18.3. The Hall–Kier alpha value is -2.45. The Labute approximate surface area is 147 Å². The van der Waals surface area contributed by atoms with E-state index in [-0.39, 0.29) is 19.6 Å². The molecule has 0 unspecified atom stereocenters. The maximum absolute atomic E-state index is 12.1. The van der Waals surface area contributed by atoms with Gasteiger partial charge in [-0.2, -0.15) is 4.31 Å². The molecule has 0 radical (unpaired) electrons. The minimum absolute atomic E-state index is 0.0554. The third kappa shape index (κ3) is 5.84. The number of sulfonamides is 1. The van der Waals surface area contributed by atoms with Crippen molar-refractivity contribution >= 4 is 15.9 Å². The van der Waals surface area contributed by atoms with Gasteiger partial charge in [0.05, 0.1) is 32.1 Å². The summed E-state index contributed by atoms with van der Waals surface area (Å²) in [4.78, 5) is 16.2. The minimum atomic E-state index is -3.56. The highest BCUT2D eigenvalue weighted by Gasteiger charge is 2.21. The highest BCUT2D eigenvalue weighted by atomic mass is 32.2. The number of ether oxygens (including phenoxy) is 1. The van der Waals surface area contributed by atoms with Crippen LogP contribution in [0, 0.1) is 0 Å². The van der Waals surface area contributed by atoms with Crippen molar-refractivity contribution in [1.82, 2.24) is 14.6 Å². The number of hydrogen-bond acceptors (Lipinski definition) is 5. The van der Waals surface area contributed by atoms with Crippen LogP contribution in [-0.4, -0.2) is 43.5 Å². The molecule has 0 bridgehead atoms. The van der Waals surface area contributed by atoms with Crippen molar-refractivity contribution in [3.05, 3.63) is 59.9 Å². The lowest BCUT2D eigenvalue weighted by Gasteiger charge is -2.20. The van der Waals surface area contributed by atoms with Crippen molar-refractivity contribution in [2.75, 3.05) is 19.9 Å². The second-order valence-electron chi connectivity index (χ2n) is 5.44. The SMILES string of the molecule is COc1ccccc1CN(CC(=O)NCc1ccccn1)S(C)(=O)=O. The zero-order valence-corrected chi connectivity index (χ0v) is 15.0. The normalized spacial score (nSPS) is 11.3. The number of methoxy groups -OCH3 is 1. The van der Waals surface area contributed by atoms with Gasteiger partial charge in [0.1, 0.15) is 5.75 Å². The smallest absolute Gasteiger partial charge is 0.235 e. The van der Waals surface area contributed by atoms with Crippen molar-refractivity contribution < 1.29 is 17.9 Å². The molecule has 134 valence electrons. The average Bonchev–Trinajstić information content (AvgIpc) is 2.60. The predicted octanol–water partition coefficient (Wildman–Crippen LogP) is 1.17. The Morgan fingerprint density at radius 2 is 1.92 bits per heavy atom. The molecule has 1 amide bonds. The van der Waals surface area contributed by atoms with E-state index in [1.165, 1.54) is 7.11 Å². The van der Waals surface area contributed by atoms with Gasteiger partial charge in [0.15, 0.2) is 0 Å². The van der Waals surface area contributed by atoms with Crippen LogP contribution in [0.15, 0.2) is 48.7 Å². The lowest BCUT2D eigenvalue weighted by molar-refractivity contribution is -0.121. The third-order valence-corrected chi connectivity index (χ3v) is 4.72. The Bertz CT molecular complexity index is 810. The maximum Gasteiger partial charge on any atom is 0.235 e. The Morgan fingerprint density at radius 3 is 2.56 bits per heavy atom. The fourth-order valence-electron chi connectivity index (χ4n) is 2.22. The number of carbonyl (C=O) groups excluding carboxylic acids is 1. The topological polar surface area (TPSA) is 88.6 Å². The van der Waals surface area contributed by atoms with Gasteiger partial charge in [-0.05, 0) is 18.2 Å². The molecule has 0 saturated carbocycles. The molecule has 1 aromatic heterocycles. The van der Waals surface area contributed by atoms with Crippen molar-refractivity contribution in [3.63, 3.8) is 0 Å². The first kappa shape index (κ1) is 18.9. The molecule has 0 aliphatic carbocycles. The summed E-state index contributed by atoms with van der Waals surface area (Å²) in [5.41, 5.74) is 1.39. The zero-order valence-electron chi connectivity index (χ0n) is 14.2. The number of amides is 1. The van der Waals surface area contributed by atoms with Crippen LogP contribution in [0.5, 0.6) is 5.75 Å². The third-order valence-electron chi connectivity index (χ3n) is 3.52. The molecule has 0 spiro atoms. The van der Waals surface area contributed by atoms with E-state index in [4.69, 9.17) is 4.74 Å². The molecule has 25 heavy (non-hydrogen) atoms.